The Morgan fingerprint density at radius 1 is 1.63 bits per heavy atom. The van der Waals surface area contributed by atoms with Gasteiger partial charge in [0.05, 0.1) is 23.8 Å². The monoisotopic (exact) mass is 282 g/mol. The van der Waals surface area contributed by atoms with Gasteiger partial charge in [-0.05, 0) is 32.0 Å². The summed E-state index contributed by atoms with van der Waals surface area (Å²) in [5, 5.41) is 4.78. The highest BCUT2D eigenvalue weighted by Crippen LogP contribution is 2.41. The SMILES string of the molecule is CN(C)[C@@H]1[C@@H](NC(=O)c2csnc2N)[C@H]2CCO[C@H]21. The number of nitrogens with two attached hydrogens (primary N) is 1. The molecule has 19 heavy (non-hydrogen) atoms. The number of ether oxygens (including phenoxy) is 1. The van der Waals surface area contributed by atoms with E-state index in [1.165, 1.54) is 11.5 Å². The molecule has 2 heterocycles. The van der Waals surface area contributed by atoms with Crippen molar-refractivity contribution in [3.05, 3.63) is 10.9 Å². The smallest absolute Gasteiger partial charge is 0.256 e. The van der Waals surface area contributed by atoms with Crippen LogP contribution in [-0.2, 0) is 4.74 Å². The maximum atomic E-state index is 12.2. The van der Waals surface area contributed by atoms with Crippen molar-refractivity contribution < 1.29 is 9.53 Å². The number of fused-ring (bicyclic) bond motifs is 1. The lowest BCUT2D eigenvalue weighted by Gasteiger charge is -2.50. The van der Waals surface area contributed by atoms with E-state index in [2.05, 4.69) is 14.6 Å². The first-order chi connectivity index (χ1) is 9.09. The van der Waals surface area contributed by atoms with Crippen LogP contribution in [0.15, 0.2) is 5.38 Å². The third-order valence-electron chi connectivity index (χ3n) is 4.09. The standard InChI is InChI=1S/C12H18N4O2S/c1-16(2)9-8(6-3-4-18-10(6)9)14-12(17)7-5-19-15-11(7)13/h5-6,8-10H,3-4H2,1-2H3,(H2,13,15)(H,14,17)/t6-,8+,9-,10-/m1/s1. The number of carbonyl (C=O) groups excluding carboxylic acids is 1. The maximum absolute atomic E-state index is 12.2. The van der Waals surface area contributed by atoms with E-state index in [1.54, 1.807) is 5.38 Å². The zero-order chi connectivity index (χ0) is 13.6. The number of carbonyl (C=O) groups is 1. The third kappa shape index (κ3) is 2.01. The van der Waals surface area contributed by atoms with Crippen molar-refractivity contribution >= 4 is 23.3 Å². The summed E-state index contributed by atoms with van der Waals surface area (Å²) in [5.41, 5.74) is 6.16. The molecule has 2 aliphatic rings. The number of hydrogen-bond acceptors (Lipinski definition) is 6. The van der Waals surface area contributed by atoms with Crippen molar-refractivity contribution in [1.82, 2.24) is 14.6 Å². The predicted octanol–water partition coefficient (Wildman–Crippen LogP) is 0.173. The Balaban J connectivity index is 1.72. The van der Waals surface area contributed by atoms with Crippen molar-refractivity contribution in [1.29, 1.82) is 0 Å². The van der Waals surface area contributed by atoms with Crippen molar-refractivity contribution in [2.75, 3.05) is 26.4 Å². The normalized spacial score (nSPS) is 33.0. The summed E-state index contributed by atoms with van der Waals surface area (Å²) in [6.45, 7) is 0.786. The Morgan fingerprint density at radius 3 is 3.05 bits per heavy atom. The van der Waals surface area contributed by atoms with Crippen LogP contribution in [0.3, 0.4) is 0 Å². The van der Waals surface area contributed by atoms with Crippen molar-refractivity contribution in [3.63, 3.8) is 0 Å². The third-order valence-corrected chi connectivity index (χ3v) is 4.73. The summed E-state index contributed by atoms with van der Waals surface area (Å²) in [6.07, 6.45) is 1.26. The fourth-order valence-electron chi connectivity index (χ4n) is 3.13. The van der Waals surface area contributed by atoms with Gasteiger partial charge in [0, 0.05) is 17.9 Å². The quantitative estimate of drug-likeness (QED) is 0.826. The number of anilines is 1. The average molecular weight is 282 g/mol. The van der Waals surface area contributed by atoms with E-state index in [0.29, 0.717) is 17.3 Å². The molecule has 0 spiro atoms. The van der Waals surface area contributed by atoms with Crippen LogP contribution in [0.25, 0.3) is 0 Å². The Kier molecular flexibility index (Phi) is 3.20. The van der Waals surface area contributed by atoms with Crippen LogP contribution < -0.4 is 11.1 Å². The minimum Gasteiger partial charge on any atom is -0.382 e. The summed E-state index contributed by atoms with van der Waals surface area (Å²) >= 11 is 1.20. The van der Waals surface area contributed by atoms with Crippen molar-refractivity contribution in [2.45, 2.75) is 24.6 Å². The van der Waals surface area contributed by atoms with Gasteiger partial charge in [0.2, 0.25) is 0 Å². The first-order valence-corrected chi connectivity index (χ1v) is 7.22. The lowest BCUT2D eigenvalue weighted by atomic mass is 9.71. The number of nitrogens with one attached hydrogen (secondary N) is 1. The van der Waals surface area contributed by atoms with Crippen LogP contribution in [0.2, 0.25) is 0 Å². The number of likely N-dealkylation sites (N-methyl/N-ethyl adjacent to an activating group) is 1. The van der Waals surface area contributed by atoms with Gasteiger partial charge in [-0.15, -0.1) is 0 Å². The molecular weight excluding hydrogens is 264 g/mol. The first kappa shape index (κ1) is 12.8. The van der Waals surface area contributed by atoms with E-state index in [0.717, 1.165) is 13.0 Å². The van der Waals surface area contributed by atoms with Crippen LogP contribution in [0.1, 0.15) is 16.8 Å². The summed E-state index contributed by atoms with van der Waals surface area (Å²) in [6, 6.07) is 0.374. The van der Waals surface area contributed by atoms with Gasteiger partial charge in [-0.1, -0.05) is 0 Å². The van der Waals surface area contributed by atoms with Gasteiger partial charge >= 0.3 is 0 Å². The van der Waals surface area contributed by atoms with Crippen LogP contribution in [0.5, 0.6) is 0 Å². The molecule has 1 amide bonds. The number of rotatable bonds is 3. The largest absolute Gasteiger partial charge is 0.382 e. The number of amides is 1. The Labute approximate surface area is 116 Å². The molecule has 1 aromatic rings. The van der Waals surface area contributed by atoms with E-state index in [1.807, 2.05) is 14.1 Å². The molecule has 2 fully saturated rings. The Bertz CT molecular complexity index is 490. The zero-order valence-electron chi connectivity index (χ0n) is 11.0. The number of hydrogen-bond donors (Lipinski definition) is 2. The fourth-order valence-corrected chi connectivity index (χ4v) is 3.73. The van der Waals surface area contributed by atoms with Gasteiger partial charge in [0.15, 0.2) is 0 Å². The highest BCUT2D eigenvalue weighted by molar-refractivity contribution is 7.04. The fraction of sp³-hybridized carbons (Fsp3) is 0.667. The molecule has 7 heteroatoms. The highest BCUT2D eigenvalue weighted by atomic mass is 32.1. The molecule has 3 N–H and O–H groups in total. The minimum absolute atomic E-state index is 0.131. The number of nitrogens with zero attached hydrogens (tertiary/aromatic N) is 2. The molecular formula is C12H18N4O2S. The molecule has 0 unspecified atom stereocenters. The van der Waals surface area contributed by atoms with E-state index in [9.17, 15) is 4.79 Å². The van der Waals surface area contributed by atoms with Crippen molar-refractivity contribution in [3.8, 4) is 0 Å². The molecule has 104 valence electrons. The summed E-state index contributed by atoms with van der Waals surface area (Å²) < 4.78 is 9.66. The molecule has 0 bridgehead atoms. The average Bonchev–Trinajstić information content (AvgIpc) is 2.92. The van der Waals surface area contributed by atoms with Crippen LogP contribution in [0.4, 0.5) is 5.82 Å². The highest BCUT2D eigenvalue weighted by Gasteiger charge is 2.55. The van der Waals surface area contributed by atoms with Crippen LogP contribution >= 0.6 is 11.5 Å². The van der Waals surface area contributed by atoms with E-state index < -0.39 is 0 Å². The zero-order valence-corrected chi connectivity index (χ0v) is 11.8. The van der Waals surface area contributed by atoms with E-state index >= 15 is 0 Å². The number of aromatic nitrogens is 1. The summed E-state index contributed by atoms with van der Waals surface area (Å²) in [5.74, 6) is 0.597. The Hall–Kier alpha value is -1.18. The van der Waals surface area contributed by atoms with Crippen LogP contribution in [-0.4, -0.2) is 54.1 Å². The molecule has 3 rings (SSSR count). The topological polar surface area (TPSA) is 80.5 Å². The lowest BCUT2D eigenvalue weighted by Crippen LogP contribution is -2.69. The minimum atomic E-state index is -0.131. The second-order valence-electron chi connectivity index (χ2n) is 5.35. The van der Waals surface area contributed by atoms with Gasteiger partial charge in [0.1, 0.15) is 5.82 Å². The van der Waals surface area contributed by atoms with Gasteiger partial charge in [-0.2, -0.15) is 4.37 Å². The molecule has 0 radical (unpaired) electrons. The molecule has 4 atom stereocenters. The predicted molar refractivity (Wildman–Crippen MR) is 73.1 cm³/mol. The Morgan fingerprint density at radius 2 is 2.42 bits per heavy atom. The molecule has 6 nitrogen and oxygen atoms in total. The van der Waals surface area contributed by atoms with Crippen LogP contribution in [0, 0.1) is 5.92 Å². The first-order valence-electron chi connectivity index (χ1n) is 6.38. The maximum Gasteiger partial charge on any atom is 0.256 e. The molecule has 1 saturated heterocycles. The molecule has 1 aliphatic carbocycles. The molecule has 1 saturated carbocycles. The number of nitrogen functional groups attached to an aromatic ring is 1. The molecule has 1 aromatic heterocycles. The van der Waals surface area contributed by atoms with Crippen molar-refractivity contribution in [2.24, 2.45) is 5.92 Å². The molecule has 1 aliphatic heterocycles. The van der Waals surface area contributed by atoms with Gasteiger partial charge in [0.25, 0.3) is 5.91 Å². The molecule has 0 aromatic carbocycles. The summed E-state index contributed by atoms with van der Waals surface area (Å²) in [7, 11) is 4.03. The summed E-state index contributed by atoms with van der Waals surface area (Å²) in [4.78, 5) is 14.3. The van der Waals surface area contributed by atoms with E-state index in [4.69, 9.17) is 10.5 Å². The van der Waals surface area contributed by atoms with Gasteiger partial charge < -0.3 is 20.7 Å². The van der Waals surface area contributed by atoms with Gasteiger partial charge in [-0.3, -0.25) is 4.79 Å². The second kappa shape index (κ2) is 4.73. The second-order valence-corrected chi connectivity index (χ2v) is 5.98. The van der Waals surface area contributed by atoms with Gasteiger partial charge in [-0.25, -0.2) is 0 Å². The van der Waals surface area contributed by atoms with E-state index in [-0.39, 0.29) is 24.1 Å². The lowest BCUT2D eigenvalue weighted by molar-refractivity contribution is -0.0664.